The molecule has 1 atom stereocenters. The van der Waals surface area contributed by atoms with Crippen LogP contribution in [0.15, 0.2) is 0 Å². The zero-order valence-corrected chi connectivity index (χ0v) is 11.4. The molecule has 2 heterocycles. The number of aromatic nitrogens is 2. The van der Waals surface area contributed by atoms with Gasteiger partial charge in [0.05, 0.1) is 18.9 Å². The summed E-state index contributed by atoms with van der Waals surface area (Å²) in [5.74, 6) is -0.454. The molecule has 2 rings (SSSR count). The van der Waals surface area contributed by atoms with Crippen molar-refractivity contribution in [3.63, 3.8) is 0 Å². The summed E-state index contributed by atoms with van der Waals surface area (Å²) < 4.78 is 12.2. The van der Waals surface area contributed by atoms with Crippen LogP contribution in [0.4, 0.5) is 0 Å². The van der Waals surface area contributed by atoms with Gasteiger partial charge < -0.3 is 14.6 Å². The van der Waals surface area contributed by atoms with Crippen molar-refractivity contribution >= 4 is 5.97 Å². The third kappa shape index (κ3) is 2.79. The second-order valence-corrected chi connectivity index (χ2v) is 4.56. The van der Waals surface area contributed by atoms with Gasteiger partial charge in [0, 0.05) is 12.2 Å². The summed E-state index contributed by atoms with van der Waals surface area (Å²) in [4.78, 5) is 11.8. The van der Waals surface area contributed by atoms with E-state index in [-0.39, 0.29) is 18.5 Å². The van der Waals surface area contributed by atoms with Crippen LogP contribution in [0.1, 0.15) is 54.2 Å². The molecule has 1 aliphatic heterocycles. The van der Waals surface area contributed by atoms with Crippen molar-refractivity contribution in [2.75, 3.05) is 13.2 Å². The SMILES string of the molecule is CCOC(=O)c1nn(C2CCCCO2)c(CO)c1C. The number of rotatable bonds is 4. The molecule has 1 aliphatic rings. The summed E-state index contributed by atoms with van der Waals surface area (Å²) in [6.07, 6.45) is 2.74. The Balaban J connectivity index is 2.32. The highest BCUT2D eigenvalue weighted by Gasteiger charge is 2.26. The van der Waals surface area contributed by atoms with E-state index in [9.17, 15) is 9.90 Å². The van der Waals surface area contributed by atoms with Crippen molar-refractivity contribution in [1.82, 2.24) is 9.78 Å². The molecule has 1 N–H and O–H groups in total. The first-order valence-electron chi connectivity index (χ1n) is 6.66. The highest BCUT2D eigenvalue weighted by Crippen LogP contribution is 2.26. The molecular formula is C13H20N2O4. The molecule has 1 unspecified atom stereocenters. The number of aliphatic hydroxyl groups excluding tert-OH is 1. The summed E-state index contributed by atoms with van der Waals surface area (Å²) in [5.41, 5.74) is 1.55. The number of ether oxygens (including phenoxy) is 2. The Hall–Kier alpha value is -1.40. The molecule has 1 saturated heterocycles. The Bertz CT molecular complexity index is 450. The molecule has 106 valence electrons. The molecule has 6 heteroatoms. The van der Waals surface area contributed by atoms with Gasteiger partial charge >= 0.3 is 5.97 Å². The lowest BCUT2D eigenvalue weighted by atomic mass is 10.1. The number of carbonyl (C=O) groups is 1. The first-order valence-corrected chi connectivity index (χ1v) is 6.66. The van der Waals surface area contributed by atoms with E-state index in [1.807, 2.05) is 0 Å². The van der Waals surface area contributed by atoms with Gasteiger partial charge in [0.15, 0.2) is 11.9 Å². The molecule has 1 aromatic heterocycles. The van der Waals surface area contributed by atoms with Gasteiger partial charge in [-0.1, -0.05) is 0 Å². The van der Waals surface area contributed by atoms with Crippen molar-refractivity contribution in [2.45, 2.75) is 45.9 Å². The van der Waals surface area contributed by atoms with Crippen LogP contribution < -0.4 is 0 Å². The quantitative estimate of drug-likeness (QED) is 0.839. The molecule has 0 spiro atoms. The van der Waals surface area contributed by atoms with Crippen LogP contribution in [-0.2, 0) is 16.1 Å². The fraction of sp³-hybridized carbons (Fsp3) is 0.692. The lowest BCUT2D eigenvalue weighted by molar-refractivity contribution is -0.0429. The molecule has 6 nitrogen and oxygen atoms in total. The maximum absolute atomic E-state index is 11.8. The summed E-state index contributed by atoms with van der Waals surface area (Å²) in [6, 6.07) is 0. The number of carbonyl (C=O) groups excluding carboxylic acids is 1. The second-order valence-electron chi connectivity index (χ2n) is 4.56. The van der Waals surface area contributed by atoms with Crippen molar-refractivity contribution in [3.05, 3.63) is 17.0 Å². The maximum atomic E-state index is 11.8. The molecule has 0 radical (unpaired) electrons. The fourth-order valence-corrected chi connectivity index (χ4v) is 2.29. The van der Waals surface area contributed by atoms with Gasteiger partial charge in [0.1, 0.15) is 0 Å². The first kappa shape index (κ1) is 14.0. The Morgan fingerprint density at radius 3 is 2.95 bits per heavy atom. The second kappa shape index (κ2) is 6.16. The van der Waals surface area contributed by atoms with Gasteiger partial charge in [-0.2, -0.15) is 5.10 Å². The van der Waals surface area contributed by atoms with E-state index in [0.717, 1.165) is 19.3 Å². The average molecular weight is 268 g/mol. The van der Waals surface area contributed by atoms with Gasteiger partial charge in [0.25, 0.3) is 0 Å². The Morgan fingerprint density at radius 1 is 1.58 bits per heavy atom. The molecule has 0 aliphatic carbocycles. The molecule has 0 aromatic carbocycles. The van der Waals surface area contributed by atoms with Crippen LogP contribution in [0, 0.1) is 6.92 Å². The van der Waals surface area contributed by atoms with E-state index in [4.69, 9.17) is 9.47 Å². The summed E-state index contributed by atoms with van der Waals surface area (Å²) in [5, 5.41) is 13.8. The van der Waals surface area contributed by atoms with E-state index < -0.39 is 5.97 Å². The molecule has 19 heavy (non-hydrogen) atoms. The van der Waals surface area contributed by atoms with Gasteiger partial charge in [0.2, 0.25) is 0 Å². The fourth-order valence-electron chi connectivity index (χ4n) is 2.29. The van der Waals surface area contributed by atoms with Crippen LogP contribution in [0.2, 0.25) is 0 Å². The molecule has 1 aromatic rings. The van der Waals surface area contributed by atoms with Crippen LogP contribution in [0.5, 0.6) is 0 Å². The van der Waals surface area contributed by atoms with Crippen molar-refractivity contribution < 1.29 is 19.4 Å². The van der Waals surface area contributed by atoms with Gasteiger partial charge in [-0.25, -0.2) is 9.48 Å². The topological polar surface area (TPSA) is 73.6 Å². The van der Waals surface area contributed by atoms with Crippen LogP contribution in [0.3, 0.4) is 0 Å². The van der Waals surface area contributed by atoms with E-state index in [2.05, 4.69) is 5.10 Å². The van der Waals surface area contributed by atoms with Crippen molar-refractivity contribution in [3.8, 4) is 0 Å². The highest BCUT2D eigenvalue weighted by atomic mass is 16.5. The monoisotopic (exact) mass is 268 g/mol. The number of hydrogen-bond acceptors (Lipinski definition) is 5. The van der Waals surface area contributed by atoms with Crippen LogP contribution >= 0.6 is 0 Å². The first-order chi connectivity index (χ1) is 9.19. The minimum atomic E-state index is -0.454. The Morgan fingerprint density at radius 2 is 2.37 bits per heavy atom. The zero-order valence-electron chi connectivity index (χ0n) is 11.4. The highest BCUT2D eigenvalue weighted by molar-refractivity contribution is 5.89. The molecule has 1 fully saturated rings. The minimum Gasteiger partial charge on any atom is -0.461 e. The van der Waals surface area contributed by atoms with Crippen molar-refractivity contribution in [2.24, 2.45) is 0 Å². The van der Waals surface area contributed by atoms with E-state index in [1.54, 1.807) is 18.5 Å². The lowest BCUT2D eigenvalue weighted by Crippen LogP contribution is -2.21. The standard InChI is InChI=1S/C13H20N2O4/c1-3-18-13(17)12-9(2)10(8-16)15(14-12)11-6-4-5-7-19-11/h11,16H,3-8H2,1-2H3. The summed E-state index contributed by atoms with van der Waals surface area (Å²) in [7, 11) is 0. The van der Waals surface area contributed by atoms with Gasteiger partial charge in [-0.05, 0) is 33.1 Å². The lowest BCUT2D eigenvalue weighted by Gasteiger charge is -2.24. The molecule has 0 bridgehead atoms. The van der Waals surface area contributed by atoms with Crippen molar-refractivity contribution in [1.29, 1.82) is 0 Å². The normalized spacial score (nSPS) is 19.4. The largest absolute Gasteiger partial charge is 0.461 e. The Labute approximate surface area is 112 Å². The smallest absolute Gasteiger partial charge is 0.359 e. The van der Waals surface area contributed by atoms with E-state index in [0.29, 0.717) is 24.5 Å². The summed E-state index contributed by atoms with van der Waals surface area (Å²) >= 11 is 0. The van der Waals surface area contributed by atoms with Crippen LogP contribution in [0.25, 0.3) is 0 Å². The predicted octanol–water partition coefficient (Wildman–Crippen LogP) is 1.56. The predicted molar refractivity (Wildman–Crippen MR) is 67.7 cm³/mol. The van der Waals surface area contributed by atoms with Gasteiger partial charge in [-0.3, -0.25) is 0 Å². The number of hydrogen-bond donors (Lipinski definition) is 1. The van der Waals surface area contributed by atoms with E-state index in [1.165, 1.54) is 0 Å². The average Bonchev–Trinajstić information content (AvgIpc) is 2.77. The molecule has 0 amide bonds. The van der Waals surface area contributed by atoms with E-state index >= 15 is 0 Å². The maximum Gasteiger partial charge on any atom is 0.359 e. The number of nitrogens with zero attached hydrogens (tertiary/aromatic N) is 2. The third-order valence-electron chi connectivity index (χ3n) is 3.32. The summed E-state index contributed by atoms with van der Waals surface area (Å²) in [6.45, 7) is 4.34. The number of esters is 1. The molecule has 0 saturated carbocycles. The third-order valence-corrected chi connectivity index (χ3v) is 3.32. The molecular weight excluding hydrogens is 248 g/mol. The minimum absolute atomic E-state index is 0.169. The Kier molecular flexibility index (Phi) is 4.55. The zero-order chi connectivity index (χ0) is 13.8. The van der Waals surface area contributed by atoms with Crippen LogP contribution in [-0.4, -0.2) is 34.1 Å². The number of aliphatic hydroxyl groups is 1. The van der Waals surface area contributed by atoms with Gasteiger partial charge in [-0.15, -0.1) is 0 Å².